The number of nitrogens with one attached hydrogen (secondary N) is 2. The van der Waals surface area contributed by atoms with E-state index in [1.165, 1.54) is 18.6 Å². The molecule has 27 heavy (non-hydrogen) atoms. The number of H-pyrrole nitrogens is 1. The molecule has 1 amide bonds. The summed E-state index contributed by atoms with van der Waals surface area (Å²) in [4.78, 5) is 34.7. The van der Waals surface area contributed by atoms with Crippen LogP contribution in [-0.2, 0) is 4.79 Å². The summed E-state index contributed by atoms with van der Waals surface area (Å²) in [7, 11) is 0. The van der Waals surface area contributed by atoms with Crippen LogP contribution < -0.4 is 5.32 Å². The summed E-state index contributed by atoms with van der Waals surface area (Å²) in [6.45, 7) is 0. The number of fused-ring (bicyclic) bond motifs is 1. The lowest BCUT2D eigenvalue weighted by Gasteiger charge is -2.20. The smallest absolute Gasteiger partial charge is 0.269 e. The highest BCUT2D eigenvalue weighted by Crippen LogP contribution is 2.26. The van der Waals surface area contributed by atoms with Crippen molar-refractivity contribution >= 4 is 28.4 Å². The molecule has 0 bridgehead atoms. The summed E-state index contributed by atoms with van der Waals surface area (Å²) in [6, 6.07) is 7.92. The number of benzene rings is 1. The third-order valence-corrected chi connectivity index (χ3v) is 4.95. The molecule has 1 aliphatic carbocycles. The van der Waals surface area contributed by atoms with Gasteiger partial charge in [0.1, 0.15) is 11.6 Å². The number of nitro benzene ring substituents is 1. The number of rotatable bonds is 4. The van der Waals surface area contributed by atoms with Crippen LogP contribution in [-0.4, -0.2) is 25.8 Å². The van der Waals surface area contributed by atoms with Gasteiger partial charge in [0.2, 0.25) is 5.91 Å². The van der Waals surface area contributed by atoms with Crippen molar-refractivity contribution in [3.8, 4) is 11.4 Å². The maximum absolute atomic E-state index is 12.4. The van der Waals surface area contributed by atoms with Crippen LogP contribution in [0.25, 0.3) is 22.4 Å². The second-order valence-corrected chi connectivity index (χ2v) is 6.80. The molecule has 4 rings (SSSR count). The van der Waals surface area contributed by atoms with E-state index >= 15 is 0 Å². The van der Waals surface area contributed by atoms with E-state index in [1.54, 1.807) is 24.4 Å². The molecule has 1 aromatic carbocycles. The minimum absolute atomic E-state index is 0.0210. The monoisotopic (exact) mass is 365 g/mol. The maximum Gasteiger partial charge on any atom is 0.269 e. The number of aromatic nitrogens is 3. The number of non-ortho nitro benzene ring substituents is 1. The van der Waals surface area contributed by atoms with Gasteiger partial charge in [-0.25, -0.2) is 9.97 Å². The van der Waals surface area contributed by atoms with Crippen LogP contribution in [0.5, 0.6) is 0 Å². The highest BCUT2D eigenvalue weighted by atomic mass is 16.6. The van der Waals surface area contributed by atoms with Crippen LogP contribution >= 0.6 is 0 Å². The molecule has 0 radical (unpaired) electrons. The lowest BCUT2D eigenvalue weighted by molar-refractivity contribution is -0.384. The first kappa shape index (κ1) is 17.1. The second kappa shape index (κ2) is 7.14. The van der Waals surface area contributed by atoms with Crippen LogP contribution in [0.1, 0.15) is 32.1 Å². The highest BCUT2D eigenvalue weighted by Gasteiger charge is 2.21. The Morgan fingerprint density at radius 2 is 1.93 bits per heavy atom. The second-order valence-electron chi connectivity index (χ2n) is 6.80. The van der Waals surface area contributed by atoms with Gasteiger partial charge in [0.25, 0.3) is 5.69 Å². The van der Waals surface area contributed by atoms with E-state index in [-0.39, 0.29) is 17.5 Å². The minimum atomic E-state index is -0.437. The number of carbonyl (C=O) groups is 1. The van der Waals surface area contributed by atoms with Crippen molar-refractivity contribution < 1.29 is 9.72 Å². The normalized spacial score (nSPS) is 15.0. The first-order valence-electron chi connectivity index (χ1n) is 9.01. The quantitative estimate of drug-likeness (QED) is 0.535. The fourth-order valence-electron chi connectivity index (χ4n) is 3.45. The number of pyridine rings is 1. The van der Waals surface area contributed by atoms with Gasteiger partial charge in [0.15, 0.2) is 0 Å². The van der Waals surface area contributed by atoms with Crippen LogP contribution in [0, 0.1) is 16.0 Å². The van der Waals surface area contributed by atoms with Gasteiger partial charge in [-0.15, -0.1) is 0 Å². The molecule has 0 unspecified atom stereocenters. The molecule has 3 aromatic rings. The molecule has 8 nitrogen and oxygen atoms in total. The van der Waals surface area contributed by atoms with Gasteiger partial charge in [-0.1, -0.05) is 19.3 Å². The van der Waals surface area contributed by atoms with Crippen molar-refractivity contribution in [1.29, 1.82) is 0 Å². The molecule has 2 aromatic heterocycles. The first-order valence-corrected chi connectivity index (χ1v) is 9.01. The highest BCUT2D eigenvalue weighted by molar-refractivity contribution is 5.93. The fourth-order valence-corrected chi connectivity index (χ4v) is 3.45. The van der Waals surface area contributed by atoms with Crippen LogP contribution in [0.15, 0.2) is 36.5 Å². The predicted molar refractivity (Wildman–Crippen MR) is 101 cm³/mol. The topological polar surface area (TPSA) is 114 Å². The molecule has 1 saturated carbocycles. The van der Waals surface area contributed by atoms with E-state index in [4.69, 9.17) is 0 Å². The van der Waals surface area contributed by atoms with Crippen LogP contribution in [0.4, 0.5) is 11.5 Å². The SMILES string of the molecule is O=C(Nc1cc2nc(-c3ccc([N+](=O)[O-])cc3)[nH]c2cn1)C1CCCCC1. The first-order chi connectivity index (χ1) is 13.1. The van der Waals surface area contributed by atoms with Crippen molar-refractivity contribution in [3.05, 3.63) is 46.6 Å². The van der Waals surface area contributed by atoms with E-state index in [9.17, 15) is 14.9 Å². The van der Waals surface area contributed by atoms with E-state index in [0.717, 1.165) is 36.8 Å². The van der Waals surface area contributed by atoms with Crippen molar-refractivity contribution in [2.75, 3.05) is 5.32 Å². The lowest BCUT2D eigenvalue weighted by atomic mass is 9.89. The standard InChI is InChI=1S/C19H19N5O3/c25-19(13-4-2-1-3-5-13)23-17-10-15-16(11-20-17)22-18(21-15)12-6-8-14(9-7-12)24(26)27/h6-11,13H,1-5H2,(H,21,22)(H,20,23,25). The summed E-state index contributed by atoms with van der Waals surface area (Å²) >= 11 is 0. The van der Waals surface area contributed by atoms with Crippen molar-refractivity contribution in [1.82, 2.24) is 15.0 Å². The predicted octanol–water partition coefficient (Wildman–Crippen LogP) is 4.05. The Labute approximate surface area is 155 Å². The van der Waals surface area contributed by atoms with Gasteiger partial charge in [-0.05, 0) is 25.0 Å². The van der Waals surface area contributed by atoms with Gasteiger partial charge >= 0.3 is 0 Å². The Kier molecular flexibility index (Phi) is 4.53. The molecule has 0 atom stereocenters. The average Bonchev–Trinajstić information content (AvgIpc) is 3.12. The number of aromatic amines is 1. The zero-order valence-electron chi connectivity index (χ0n) is 14.6. The van der Waals surface area contributed by atoms with Gasteiger partial charge in [0.05, 0.1) is 22.2 Å². The van der Waals surface area contributed by atoms with Crippen LogP contribution in [0.3, 0.4) is 0 Å². The molecule has 8 heteroatoms. The summed E-state index contributed by atoms with van der Waals surface area (Å²) in [5.41, 5.74) is 2.19. The van der Waals surface area contributed by atoms with E-state index in [0.29, 0.717) is 17.2 Å². The zero-order chi connectivity index (χ0) is 18.8. The van der Waals surface area contributed by atoms with Gasteiger partial charge in [-0.2, -0.15) is 0 Å². The summed E-state index contributed by atoms with van der Waals surface area (Å²) < 4.78 is 0. The summed E-state index contributed by atoms with van der Waals surface area (Å²) in [6.07, 6.45) is 6.90. The van der Waals surface area contributed by atoms with Gasteiger partial charge in [-0.3, -0.25) is 14.9 Å². The Bertz CT molecular complexity index is 990. The van der Waals surface area contributed by atoms with Crippen molar-refractivity contribution in [2.45, 2.75) is 32.1 Å². The molecule has 0 aliphatic heterocycles. The zero-order valence-corrected chi connectivity index (χ0v) is 14.6. The number of carbonyl (C=O) groups excluding carboxylic acids is 1. The number of imidazole rings is 1. The summed E-state index contributed by atoms with van der Waals surface area (Å²) in [5.74, 6) is 1.16. The Morgan fingerprint density at radius 3 is 2.63 bits per heavy atom. The third kappa shape index (κ3) is 3.64. The molecule has 1 aliphatic rings. The Balaban J connectivity index is 1.54. The molecule has 2 N–H and O–H groups in total. The van der Waals surface area contributed by atoms with Crippen LogP contribution in [0.2, 0.25) is 0 Å². The third-order valence-electron chi connectivity index (χ3n) is 4.95. The number of amides is 1. The average molecular weight is 365 g/mol. The Morgan fingerprint density at radius 1 is 1.19 bits per heavy atom. The van der Waals surface area contributed by atoms with Crippen molar-refractivity contribution in [3.63, 3.8) is 0 Å². The van der Waals surface area contributed by atoms with Crippen molar-refractivity contribution in [2.24, 2.45) is 5.92 Å². The molecular weight excluding hydrogens is 346 g/mol. The minimum Gasteiger partial charge on any atom is -0.337 e. The van der Waals surface area contributed by atoms with E-state index < -0.39 is 4.92 Å². The number of hydrogen-bond acceptors (Lipinski definition) is 5. The summed E-state index contributed by atoms with van der Waals surface area (Å²) in [5, 5.41) is 13.7. The molecular formula is C19H19N5O3. The largest absolute Gasteiger partial charge is 0.337 e. The fraction of sp³-hybridized carbons (Fsp3) is 0.316. The van der Waals surface area contributed by atoms with Gasteiger partial charge < -0.3 is 10.3 Å². The number of nitro groups is 1. The number of anilines is 1. The van der Waals surface area contributed by atoms with E-state index in [1.807, 2.05) is 0 Å². The number of hydrogen-bond donors (Lipinski definition) is 2. The van der Waals surface area contributed by atoms with Gasteiger partial charge in [0, 0.05) is 29.7 Å². The molecule has 1 fully saturated rings. The van der Waals surface area contributed by atoms with E-state index in [2.05, 4.69) is 20.3 Å². The maximum atomic E-state index is 12.4. The lowest BCUT2D eigenvalue weighted by Crippen LogP contribution is -2.25. The molecule has 0 spiro atoms. The molecule has 138 valence electrons. The molecule has 0 saturated heterocycles. The molecule has 2 heterocycles. The Hall–Kier alpha value is -3.29. The number of nitrogens with zero attached hydrogens (tertiary/aromatic N) is 3.